The lowest BCUT2D eigenvalue weighted by molar-refractivity contribution is -0.112. The van der Waals surface area contributed by atoms with Crippen LogP contribution in [0.2, 0.25) is 5.02 Å². The molecule has 0 aliphatic heterocycles. The molecule has 0 radical (unpaired) electrons. The lowest BCUT2D eigenvalue weighted by atomic mass is 10.0. The number of nitrogens with zero attached hydrogens (tertiary/aromatic N) is 2. The van der Waals surface area contributed by atoms with Crippen LogP contribution in [-0.4, -0.2) is 12.5 Å². The summed E-state index contributed by atoms with van der Waals surface area (Å²) in [6.07, 6.45) is 3.67. The van der Waals surface area contributed by atoms with Gasteiger partial charge in [0.15, 0.2) is 11.5 Å². The molecule has 0 aliphatic carbocycles. The van der Waals surface area contributed by atoms with Gasteiger partial charge >= 0.3 is 0 Å². The van der Waals surface area contributed by atoms with Crippen molar-refractivity contribution in [3.8, 4) is 23.6 Å². The van der Waals surface area contributed by atoms with Gasteiger partial charge in [0.05, 0.1) is 28.9 Å². The predicted octanol–water partition coefficient (Wildman–Crippen LogP) is 6.46. The number of anilines is 1. The van der Waals surface area contributed by atoms with E-state index in [1.54, 1.807) is 48.5 Å². The van der Waals surface area contributed by atoms with Gasteiger partial charge in [-0.25, -0.2) is 0 Å². The van der Waals surface area contributed by atoms with Crippen LogP contribution >= 0.6 is 11.6 Å². The zero-order valence-electron chi connectivity index (χ0n) is 19.8. The number of allylic oxidation sites excluding steroid dienone is 1. The Kier molecular flexibility index (Phi) is 9.28. The van der Waals surface area contributed by atoms with E-state index in [4.69, 9.17) is 21.1 Å². The zero-order valence-corrected chi connectivity index (χ0v) is 20.5. The van der Waals surface area contributed by atoms with Crippen LogP contribution in [0.3, 0.4) is 0 Å². The van der Waals surface area contributed by atoms with Gasteiger partial charge in [-0.05, 0) is 55.3 Å². The normalized spacial score (nSPS) is 10.6. The highest BCUT2D eigenvalue weighted by molar-refractivity contribution is 6.34. The molecule has 7 heteroatoms. The molecule has 0 atom stereocenters. The highest BCUT2D eigenvalue weighted by Gasteiger charge is 2.16. The maximum absolute atomic E-state index is 12.7. The van der Waals surface area contributed by atoms with Crippen LogP contribution in [0, 0.1) is 22.7 Å². The molecule has 1 N–H and O–H groups in total. The number of halogens is 1. The molecule has 6 nitrogen and oxygen atoms in total. The van der Waals surface area contributed by atoms with Crippen molar-refractivity contribution < 1.29 is 14.3 Å². The van der Waals surface area contributed by atoms with Gasteiger partial charge in [0.2, 0.25) is 0 Å². The SMILES string of the molecule is C=CCc1cc(/C=C(\C#N)C(=O)Nc2ccccc2Cl)cc(OCC)c1OCc1ccccc1C#N. The third-order valence-electron chi connectivity index (χ3n) is 5.13. The Balaban J connectivity index is 1.96. The first-order valence-corrected chi connectivity index (χ1v) is 11.6. The summed E-state index contributed by atoms with van der Waals surface area (Å²) >= 11 is 6.12. The Morgan fingerprint density at radius 2 is 1.83 bits per heavy atom. The fourth-order valence-corrected chi connectivity index (χ4v) is 3.66. The van der Waals surface area contributed by atoms with E-state index in [0.29, 0.717) is 46.4 Å². The number of carbonyl (C=O) groups excluding carboxylic acids is 1. The van der Waals surface area contributed by atoms with Gasteiger partial charge in [0, 0.05) is 11.1 Å². The number of para-hydroxylation sites is 1. The third kappa shape index (κ3) is 6.54. The number of nitriles is 2. The van der Waals surface area contributed by atoms with Crippen molar-refractivity contribution in [3.05, 3.63) is 106 Å². The average Bonchev–Trinajstić information content (AvgIpc) is 2.88. The molecule has 0 fully saturated rings. The summed E-state index contributed by atoms with van der Waals surface area (Å²) in [6.45, 7) is 6.23. The van der Waals surface area contributed by atoms with Crippen LogP contribution in [0.4, 0.5) is 5.69 Å². The van der Waals surface area contributed by atoms with Crippen molar-refractivity contribution in [3.63, 3.8) is 0 Å². The Morgan fingerprint density at radius 1 is 1.08 bits per heavy atom. The molecule has 36 heavy (non-hydrogen) atoms. The van der Waals surface area contributed by atoms with E-state index in [-0.39, 0.29) is 12.2 Å². The average molecular weight is 498 g/mol. The second-order valence-electron chi connectivity index (χ2n) is 7.59. The minimum absolute atomic E-state index is 0.0986. The van der Waals surface area contributed by atoms with Gasteiger partial charge in [-0.1, -0.05) is 48.0 Å². The summed E-state index contributed by atoms with van der Waals surface area (Å²) in [6, 6.07) is 21.6. The van der Waals surface area contributed by atoms with E-state index in [1.807, 2.05) is 31.2 Å². The molecule has 180 valence electrons. The van der Waals surface area contributed by atoms with Crippen molar-refractivity contribution in [2.45, 2.75) is 20.0 Å². The molecule has 1 amide bonds. The first-order valence-electron chi connectivity index (χ1n) is 11.2. The molecule has 3 aromatic rings. The van der Waals surface area contributed by atoms with Gasteiger partial charge in [-0.15, -0.1) is 6.58 Å². The minimum atomic E-state index is -0.581. The zero-order chi connectivity index (χ0) is 25.9. The van der Waals surface area contributed by atoms with Crippen molar-refractivity contribution in [1.82, 2.24) is 0 Å². The van der Waals surface area contributed by atoms with Gasteiger partial charge in [0.25, 0.3) is 5.91 Å². The van der Waals surface area contributed by atoms with Crippen LogP contribution in [0.1, 0.15) is 29.2 Å². The Bertz CT molecular complexity index is 1380. The smallest absolute Gasteiger partial charge is 0.266 e. The molecular weight excluding hydrogens is 474 g/mol. The Hall–Kier alpha value is -4.52. The second kappa shape index (κ2) is 12.8. The van der Waals surface area contributed by atoms with Crippen molar-refractivity contribution in [2.75, 3.05) is 11.9 Å². The lowest BCUT2D eigenvalue weighted by Crippen LogP contribution is -2.13. The highest BCUT2D eigenvalue weighted by Crippen LogP contribution is 2.35. The molecule has 0 unspecified atom stereocenters. The summed E-state index contributed by atoms with van der Waals surface area (Å²) in [5.74, 6) is 0.393. The van der Waals surface area contributed by atoms with Gasteiger partial charge in [-0.2, -0.15) is 10.5 Å². The van der Waals surface area contributed by atoms with E-state index < -0.39 is 5.91 Å². The standard InChI is InChI=1S/C29H24ClN3O3/c1-3-9-21-14-20(15-24(18-32)29(34)33-26-13-8-7-12-25(26)30)16-27(35-4-2)28(21)36-19-23-11-6-5-10-22(23)17-31/h3,5-8,10-16H,1,4,9,19H2,2H3,(H,33,34)/b24-15+. The Labute approximate surface area is 215 Å². The summed E-state index contributed by atoms with van der Waals surface area (Å²) in [5, 5.41) is 22.1. The van der Waals surface area contributed by atoms with Gasteiger partial charge in [-0.3, -0.25) is 4.79 Å². The minimum Gasteiger partial charge on any atom is -0.490 e. The first kappa shape index (κ1) is 26.1. The molecule has 3 rings (SSSR count). The Morgan fingerprint density at radius 3 is 2.53 bits per heavy atom. The van der Waals surface area contributed by atoms with Crippen molar-refractivity contribution >= 4 is 29.3 Å². The summed E-state index contributed by atoms with van der Waals surface area (Å²) < 4.78 is 12.0. The molecule has 0 saturated heterocycles. The lowest BCUT2D eigenvalue weighted by Gasteiger charge is -2.17. The molecule has 0 saturated carbocycles. The maximum Gasteiger partial charge on any atom is 0.266 e. The van der Waals surface area contributed by atoms with E-state index in [1.165, 1.54) is 6.08 Å². The topological polar surface area (TPSA) is 95.1 Å². The van der Waals surface area contributed by atoms with Crippen molar-refractivity contribution in [2.24, 2.45) is 0 Å². The van der Waals surface area contributed by atoms with Gasteiger partial charge < -0.3 is 14.8 Å². The van der Waals surface area contributed by atoms with Crippen LogP contribution in [0.5, 0.6) is 11.5 Å². The molecule has 3 aromatic carbocycles. The van der Waals surface area contributed by atoms with Crippen molar-refractivity contribution in [1.29, 1.82) is 10.5 Å². The fraction of sp³-hybridized carbons (Fsp3) is 0.138. The van der Waals surface area contributed by atoms with Gasteiger partial charge in [0.1, 0.15) is 18.2 Å². The third-order valence-corrected chi connectivity index (χ3v) is 5.46. The summed E-state index contributed by atoms with van der Waals surface area (Å²) in [5.41, 5.74) is 2.95. The van der Waals surface area contributed by atoms with E-state index in [0.717, 1.165) is 11.1 Å². The highest BCUT2D eigenvalue weighted by atomic mass is 35.5. The summed E-state index contributed by atoms with van der Waals surface area (Å²) in [4.78, 5) is 12.7. The van der Waals surface area contributed by atoms with E-state index in [2.05, 4.69) is 18.0 Å². The number of nitrogens with one attached hydrogen (secondary N) is 1. The number of hydrogen-bond acceptors (Lipinski definition) is 5. The largest absolute Gasteiger partial charge is 0.490 e. The van der Waals surface area contributed by atoms with Crippen LogP contribution in [0.25, 0.3) is 6.08 Å². The molecule has 0 spiro atoms. The molecule has 0 bridgehead atoms. The molecule has 0 aliphatic rings. The predicted molar refractivity (Wildman–Crippen MR) is 141 cm³/mol. The molecule has 0 aromatic heterocycles. The number of hydrogen-bond donors (Lipinski definition) is 1. The number of amides is 1. The van der Waals surface area contributed by atoms with E-state index >= 15 is 0 Å². The number of ether oxygens (including phenoxy) is 2. The molecular formula is C29H24ClN3O3. The quantitative estimate of drug-likeness (QED) is 0.197. The van der Waals surface area contributed by atoms with Crippen LogP contribution < -0.4 is 14.8 Å². The number of benzene rings is 3. The first-order chi connectivity index (χ1) is 17.5. The number of carbonyl (C=O) groups is 1. The maximum atomic E-state index is 12.7. The number of rotatable bonds is 10. The monoisotopic (exact) mass is 497 g/mol. The van der Waals surface area contributed by atoms with Crippen LogP contribution in [-0.2, 0) is 17.8 Å². The summed E-state index contributed by atoms with van der Waals surface area (Å²) in [7, 11) is 0. The second-order valence-corrected chi connectivity index (χ2v) is 8.00. The fourth-order valence-electron chi connectivity index (χ4n) is 3.47. The van der Waals surface area contributed by atoms with Crippen LogP contribution in [0.15, 0.2) is 78.9 Å². The molecule has 0 heterocycles. The van der Waals surface area contributed by atoms with E-state index in [9.17, 15) is 15.3 Å².